The predicted molar refractivity (Wildman–Crippen MR) is 84.1 cm³/mol. The maximum absolute atomic E-state index is 5.78. The second-order valence-electron chi connectivity index (χ2n) is 4.66. The van der Waals surface area contributed by atoms with Crippen molar-refractivity contribution in [3.8, 4) is 17.0 Å². The smallest absolute Gasteiger partial charge is 0.188 e. The number of rotatable bonds is 4. The predicted octanol–water partition coefficient (Wildman–Crippen LogP) is 3.47. The van der Waals surface area contributed by atoms with Gasteiger partial charge in [0.1, 0.15) is 11.6 Å². The highest BCUT2D eigenvalue weighted by molar-refractivity contribution is 5.99. The van der Waals surface area contributed by atoms with Gasteiger partial charge in [-0.1, -0.05) is 30.3 Å². The molecule has 0 radical (unpaired) electrons. The van der Waals surface area contributed by atoms with Crippen LogP contribution < -0.4 is 10.5 Å². The molecule has 4 nitrogen and oxygen atoms in total. The van der Waals surface area contributed by atoms with Crippen LogP contribution in [-0.4, -0.2) is 18.9 Å². The summed E-state index contributed by atoms with van der Waals surface area (Å²) in [5, 5.41) is 2.10. The van der Waals surface area contributed by atoms with E-state index < -0.39 is 0 Å². The van der Waals surface area contributed by atoms with Gasteiger partial charge in [-0.2, -0.15) is 0 Å². The number of fused-ring (bicyclic) bond motifs is 1. The number of hydrogen-bond donors (Lipinski definition) is 1. The van der Waals surface area contributed by atoms with Gasteiger partial charge in [-0.3, -0.25) is 0 Å². The molecule has 4 heteroatoms. The molecule has 0 amide bonds. The fourth-order valence-electron chi connectivity index (χ4n) is 2.34. The molecular weight excluding hydrogens is 264 g/mol. The number of nitrogens with zero attached hydrogens (tertiary/aromatic N) is 1. The summed E-state index contributed by atoms with van der Waals surface area (Å²) in [5.74, 6) is 1.30. The maximum Gasteiger partial charge on any atom is 0.188 e. The molecule has 0 bridgehead atoms. The van der Waals surface area contributed by atoms with Gasteiger partial charge in [-0.15, -0.1) is 0 Å². The minimum atomic E-state index is 0.222. The van der Waals surface area contributed by atoms with Crippen LogP contribution >= 0.6 is 0 Å². The standard InChI is InChI=1S/C17H16N2O2/c1-20-11-21-16-10-9-13(12-5-2-3-6-14(12)16)15-7-4-8-17(18)19-15/h2-10H,11H2,1H3,(H2,18,19). The first-order valence-corrected chi connectivity index (χ1v) is 6.66. The zero-order chi connectivity index (χ0) is 14.7. The van der Waals surface area contributed by atoms with E-state index in [0.717, 1.165) is 27.8 Å². The van der Waals surface area contributed by atoms with E-state index in [2.05, 4.69) is 11.1 Å². The van der Waals surface area contributed by atoms with Crippen molar-refractivity contribution >= 4 is 16.6 Å². The van der Waals surface area contributed by atoms with Gasteiger partial charge in [-0.05, 0) is 29.7 Å². The van der Waals surface area contributed by atoms with Crippen LogP contribution in [0.3, 0.4) is 0 Å². The van der Waals surface area contributed by atoms with Gasteiger partial charge < -0.3 is 15.2 Å². The van der Waals surface area contributed by atoms with Crippen LogP contribution in [0.15, 0.2) is 54.6 Å². The Morgan fingerprint density at radius 3 is 2.52 bits per heavy atom. The van der Waals surface area contributed by atoms with E-state index in [-0.39, 0.29) is 6.79 Å². The number of nitrogen functional groups attached to an aromatic ring is 1. The lowest BCUT2D eigenvalue weighted by Crippen LogP contribution is -1.99. The molecule has 2 aromatic carbocycles. The number of methoxy groups -OCH3 is 1. The van der Waals surface area contributed by atoms with Crippen LogP contribution in [0.4, 0.5) is 5.82 Å². The third-order valence-electron chi connectivity index (χ3n) is 3.26. The fraction of sp³-hybridized carbons (Fsp3) is 0.118. The van der Waals surface area contributed by atoms with E-state index in [1.54, 1.807) is 13.2 Å². The number of ether oxygens (including phenoxy) is 2. The second-order valence-corrected chi connectivity index (χ2v) is 4.66. The van der Waals surface area contributed by atoms with Crippen LogP contribution in [0.2, 0.25) is 0 Å². The molecule has 3 aromatic rings. The summed E-state index contributed by atoms with van der Waals surface area (Å²) >= 11 is 0. The quantitative estimate of drug-likeness (QED) is 0.743. The van der Waals surface area contributed by atoms with Crippen molar-refractivity contribution in [2.75, 3.05) is 19.6 Å². The monoisotopic (exact) mass is 280 g/mol. The number of nitrogens with two attached hydrogens (primary N) is 1. The van der Waals surface area contributed by atoms with E-state index >= 15 is 0 Å². The molecule has 1 heterocycles. The first-order chi connectivity index (χ1) is 10.3. The second kappa shape index (κ2) is 5.81. The van der Waals surface area contributed by atoms with Crippen molar-refractivity contribution in [3.05, 3.63) is 54.6 Å². The summed E-state index contributed by atoms with van der Waals surface area (Å²) in [6.45, 7) is 0.222. The normalized spacial score (nSPS) is 10.7. The summed E-state index contributed by atoms with van der Waals surface area (Å²) in [4.78, 5) is 4.40. The molecule has 0 unspecified atom stereocenters. The Bertz CT molecular complexity index is 772. The van der Waals surface area contributed by atoms with Crippen LogP contribution in [0.5, 0.6) is 5.75 Å². The van der Waals surface area contributed by atoms with Gasteiger partial charge >= 0.3 is 0 Å². The van der Waals surface area contributed by atoms with E-state index in [1.807, 2.05) is 42.5 Å². The first kappa shape index (κ1) is 13.4. The summed E-state index contributed by atoms with van der Waals surface area (Å²) in [6.07, 6.45) is 0. The fourth-order valence-corrected chi connectivity index (χ4v) is 2.34. The van der Waals surface area contributed by atoms with Crippen molar-refractivity contribution < 1.29 is 9.47 Å². The molecule has 0 fully saturated rings. The SMILES string of the molecule is COCOc1ccc(-c2cccc(N)n2)c2ccccc12. The average molecular weight is 280 g/mol. The lowest BCUT2D eigenvalue weighted by molar-refractivity contribution is 0.0522. The van der Waals surface area contributed by atoms with Crippen LogP contribution in [0.1, 0.15) is 0 Å². The number of pyridine rings is 1. The van der Waals surface area contributed by atoms with E-state index in [9.17, 15) is 0 Å². The lowest BCUT2D eigenvalue weighted by atomic mass is 10.0. The molecule has 0 aliphatic heterocycles. The molecule has 0 spiro atoms. The van der Waals surface area contributed by atoms with E-state index in [0.29, 0.717) is 5.82 Å². The highest BCUT2D eigenvalue weighted by atomic mass is 16.7. The molecule has 0 saturated carbocycles. The Morgan fingerprint density at radius 2 is 1.76 bits per heavy atom. The average Bonchev–Trinajstić information content (AvgIpc) is 2.52. The molecule has 2 N–H and O–H groups in total. The van der Waals surface area contributed by atoms with Crippen LogP contribution in [0, 0.1) is 0 Å². The molecule has 0 aliphatic carbocycles. The molecule has 21 heavy (non-hydrogen) atoms. The van der Waals surface area contributed by atoms with Gasteiger partial charge in [-0.25, -0.2) is 4.98 Å². The minimum Gasteiger partial charge on any atom is -0.467 e. The molecule has 1 aromatic heterocycles. The number of hydrogen-bond acceptors (Lipinski definition) is 4. The first-order valence-electron chi connectivity index (χ1n) is 6.66. The van der Waals surface area contributed by atoms with Crippen molar-refractivity contribution in [2.24, 2.45) is 0 Å². The number of aromatic nitrogens is 1. The summed E-state index contributed by atoms with van der Waals surface area (Å²) in [6, 6.07) is 17.6. The van der Waals surface area contributed by atoms with Crippen molar-refractivity contribution in [1.82, 2.24) is 4.98 Å². The number of anilines is 1. The summed E-state index contributed by atoms with van der Waals surface area (Å²) < 4.78 is 10.6. The Morgan fingerprint density at radius 1 is 0.952 bits per heavy atom. The number of benzene rings is 2. The van der Waals surface area contributed by atoms with Gasteiger partial charge in [0, 0.05) is 18.1 Å². The van der Waals surface area contributed by atoms with Crippen LogP contribution in [-0.2, 0) is 4.74 Å². The highest BCUT2D eigenvalue weighted by Crippen LogP contribution is 2.33. The Labute approximate surface area is 123 Å². The topological polar surface area (TPSA) is 57.4 Å². The Kier molecular flexibility index (Phi) is 3.71. The highest BCUT2D eigenvalue weighted by Gasteiger charge is 2.09. The van der Waals surface area contributed by atoms with Crippen molar-refractivity contribution in [1.29, 1.82) is 0 Å². The van der Waals surface area contributed by atoms with Crippen molar-refractivity contribution in [2.45, 2.75) is 0 Å². The summed E-state index contributed by atoms with van der Waals surface area (Å²) in [7, 11) is 1.60. The van der Waals surface area contributed by atoms with Gasteiger partial charge in [0.25, 0.3) is 0 Å². The molecule has 0 aliphatic rings. The van der Waals surface area contributed by atoms with E-state index in [4.69, 9.17) is 15.2 Å². The van der Waals surface area contributed by atoms with E-state index in [1.165, 1.54) is 0 Å². The maximum atomic E-state index is 5.78. The summed E-state index contributed by atoms with van der Waals surface area (Å²) in [5.41, 5.74) is 7.66. The van der Waals surface area contributed by atoms with Gasteiger partial charge in [0.15, 0.2) is 6.79 Å². The van der Waals surface area contributed by atoms with Gasteiger partial charge in [0.05, 0.1) is 5.69 Å². The minimum absolute atomic E-state index is 0.222. The Balaban J connectivity index is 2.17. The molecule has 106 valence electrons. The zero-order valence-corrected chi connectivity index (χ0v) is 11.7. The largest absolute Gasteiger partial charge is 0.467 e. The molecule has 3 rings (SSSR count). The zero-order valence-electron chi connectivity index (χ0n) is 11.7. The molecule has 0 atom stereocenters. The van der Waals surface area contributed by atoms with Crippen LogP contribution in [0.25, 0.3) is 22.0 Å². The van der Waals surface area contributed by atoms with Crippen molar-refractivity contribution in [3.63, 3.8) is 0 Å². The Hall–Kier alpha value is -2.59. The molecular formula is C17H16N2O2. The third-order valence-corrected chi connectivity index (χ3v) is 3.26. The van der Waals surface area contributed by atoms with Gasteiger partial charge in [0.2, 0.25) is 0 Å². The molecule has 0 saturated heterocycles. The lowest BCUT2D eigenvalue weighted by Gasteiger charge is -2.12. The third kappa shape index (κ3) is 2.66.